The molecule has 0 aromatic carbocycles. The SMILES string of the molecule is COCC(CO)(CO)CCC(C)(C)C. The number of ether oxygens (including phenoxy) is 1. The molecule has 0 bridgehead atoms. The van der Waals surface area contributed by atoms with Crippen molar-refractivity contribution in [3.05, 3.63) is 0 Å². The van der Waals surface area contributed by atoms with Gasteiger partial charge in [-0.05, 0) is 18.3 Å². The second kappa shape index (κ2) is 5.69. The number of aliphatic hydroxyl groups is 2. The summed E-state index contributed by atoms with van der Waals surface area (Å²) < 4.78 is 5.03. The van der Waals surface area contributed by atoms with Gasteiger partial charge in [0.1, 0.15) is 0 Å². The van der Waals surface area contributed by atoms with E-state index in [1.165, 1.54) is 0 Å². The number of rotatable bonds is 6. The predicted octanol–water partition coefficient (Wildman–Crippen LogP) is 1.43. The van der Waals surface area contributed by atoms with Crippen molar-refractivity contribution in [3.63, 3.8) is 0 Å². The van der Waals surface area contributed by atoms with Gasteiger partial charge in [0.25, 0.3) is 0 Å². The van der Waals surface area contributed by atoms with E-state index in [0.29, 0.717) is 6.61 Å². The highest BCUT2D eigenvalue weighted by Crippen LogP contribution is 2.30. The Balaban J connectivity index is 4.21. The van der Waals surface area contributed by atoms with Gasteiger partial charge in [0, 0.05) is 12.5 Å². The molecular weight excluding hydrogens is 180 g/mol. The van der Waals surface area contributed by atoms with Crippen LogP contribution in [-0.4, -0.2) is 37.1 Å². The third kappa shape index (κ3) is 4.94. The molecule has 0 aromatic rings. The Morgan fingerprint density at radius 1 is 1.00 bits per heavy atom. The van der Waals surface area contributed by atoms with Crippen LogP contribution in [0.1, 0.15) is 33.6 Å². The summed E-state index contributed by atoms with van der Waals surface area (Å²) in [7, 11) is 1.59. The molecule has 0 aromatic heterocycles. The Bertz CT molecular complexity index is 145. The van der Waals surface area contributed by atoms with Gasteiger partial charge in [0.15, 0.2) is 0 Å². The molecule has 0 amide bonds. The van der Waals surface area contributed by atoms with E-state index in [1.54, 1.807) is 7.11 Å². The minimum absolute atomic E-state index is 0.0204. The molecule has 3 heteroatoms. The molecule has 0 unspecified atom stereocenters. The molecule has 0 spiro atoms. The Morgan fingerprint density at radius 2 is 1.50 bits per heavy atom. The fraction of sp³-hybridized carbons (Fsp3) is 1.00. The average Bonchev–Trinajstić information content (AvgIpc) is 2.11. The van der Waals surface area contributed by atoms with E-state index in [1.807, 2.05) is 0 Å². The maximum absolute atomic E-state index is 9.26. The van der Waals surface area contributed by atoms with Gasteiger partial charge < -0.3 is 14.9 Å². The highest BCUT2D eigenvalue weighted by atomic mass is 16.5. The van der Waals surface area contributed by atoms with Crippen LogP contribution in [0.5, 0.6) is 0 Å². The Kier molecular flexibility index (Phi) is 5.64. The second-order valence-corrected chi connectivity index (χ2v) is 5.31. The maximum Gasteiger partial charge on any atom is 0.0562 e. The van der Waals surface area contributed by atoms with Crippen LogP contribution in [0.4, 0.5) is 0 Å². The second-order valence-electron chi connectivity index (χ2n) is 5.31. The van der Waals surface area contributed by atoms with E-state index >= 15 is 0 Å². The van der Waals surface area contributed by atoms with Crippen LogP contribution in [0.15, 0.2) is 0 Å². The normalized spacial score (nSPS) is 13.3. The van der Waals surface area contributed by atoms with Crippen molar-refractivity contribution in [2.45, 2.75) is 33.6 Å². The zero-order valence-corrected chi connectivity index (χ0v) is 9.84. The molecule has 0 saturated carbocycles. The Morgan fingerprint density at radius 3 is 1.79 bits per heavy atom. The van der Waals surface area contributed by atoms with Crippen LogP contribution in [0, 0.1) is 10.8 Å². The van der Waals surface area contributed by atoms with Gasteiger partial charge in [-0.15, -0.1) is 0 Å². The fourth-order valence-corrected chi connectivity index (χ4v) is 1.32. The topological polar surface area (TPSA) is 49.7 Å². The monoisotopic (exact) mass is 204 g/mol. The van der Waals surface area contributed by atoms with Crippen molar-refractivity contribution in [3.8, 4) is 0 Å². The van der Waals surface area contributed by atoms with Crippen molar-refractivity contribution in [2.24, 2.45) is 10.8 Å². The number of hydrogen-bond donors (Lipinski definition) is 2. The van der Waals surface area contributed by atoms with E-state index < -0.39 is 5.41 Å². The van der Waals surface area contributed by atoms with Gasteiger partial charge >= 0.3 is 0 Å². The van der Waals surface area contributed by atoms with Crippen LogP contribution in [0.3, 0.4) is 0 Å². The summed E-state index contributed by atoms with van der Waals surface area (Å²) in [6, 6.07) is 0. The molecule has 0 fully saturated rings. The van der Waals surface area contributed by atoms with Gasteiger partial charge in [0.2, 0.25) is 0 Å². The summed E-state index contributed by atoms with van der Waals surface area (Å²) in [6.07, 6.45) is 1.76. The third-order valence-corrected chi connectivity index (χ3v) is 2.53. The van der Waals surface area contributed by atoms with Gasteiger partial charge in [0.05, 0.1) is 19.8 Å². The summed E-state index contributed by atoms with van der Waals surface area (Å²) in [5.41, 5.74) is -0.245. The lowest BCUT2D eigenvalue weighted by molar-refractivity contribution is -0.0230. The van der Waals surface area contributed by atoms with E-state index in [2.05, 4.69) is 20.8 Å². The summed E-state index contributed by atoms with van der Waals surface area (Å²) in [5, 5.41) is 18.5. The van der Waals surface area contributed by atoms with Crippen LogP contribution in [0.2, 0.25) is 0 Å². The molecule has 0 heterocycles. The molecule has 14 heavy (non-hydrogen) atoms. The first-order valence-corrected chi connectivity index (χ1v) is 5.10. The van der Waals surface area contributed by atoms with Gasteiger partial charge in [-0.25, -0.2) is 0 Å². The van der Waals surface area contributed by atoms with E-state index in [0.717, 1.165) is 12.8 Å². The van der Waals surface area contributed by atoms with E-state index in [9.17, 15) is 10.2 Å². The van der Waals surface area contributed by atoms with Crippen LogP contribution < -0.4 is 0 Å². The lowest BCUT2D eigenvalue weighted by Gasteiger charge is -2.31. The number of hydrogen-bond acceptors (Lipinski definition) is 3. The summed E-state index contributed by atoms with van der Waals surface area (Å²) in [4.78, 5) is 0. The van der Waals surface area contributed by atoms with Crippen LogP contribution >= 0.6 is 0 Å². The first-order valence-electron chi connectivity index (χ1n) is 5.10. The van der Waals surface area contributed by atoms with Gasteiger partial charge in [-0.3, -0.25) is 0 Å². The van der Waals surface area contributed by atoms with Crippen molar-refractivity contribution in [2.75, 3.05) is 26.9 Å². The van der Waals surface area contributed by atoms with Crippen LogP contribution in [-0.2, 0) is 4.74 Å². The highest BCUT2D eigenvalue weighted by Gasteiger charge is 2.30. The molecule has 0 aliphatic carbocycles. The third-order valence-electron chi connectivity index (χ3n) is 2.53. The van der Waals surface area contributed by atoms with Crippen LogP contribution in [0.25, 0.3) is 0 Å². The Hall–Kier alpha value is -0.120. The molecule has 0 atom stereocenters. The minimum atomic E-state index is -0.470. The molecule has 0 radical (unpaired) electrons. The molecular formula is C11H24O3. The highest BCUT2D eigenvalue weighted by molar-refractivity contribution is 4.79. The molecule has 0 rings (SSSR count). The molecule has 86 valence electrons. The summed E-state index contributed by atoms with van der Waals surface area (Å²) in [6.45, 7) is 6.83. The minimum Gasteiger partial charge on any atom is -0.396 e. The fourth-order valence-electron chi connectivity index (χ4n) is 1.32. The smallest absolute Gasteiger partial charge is 0.0562 e. The summed E-state index contributed by atoms with van der Waals surface area (Å²) in [5.74, 6) is 0. The van der Waals surface area contributed by atoms with E-state index in [4.69, 9.17) is 4.74 Å². The van der Waals surface area contributed by atoms with E-state index in [-0.39, 0.29) is 18.6 Å². The van der Waals surface area contributed by atoms with Crippen molar-refractivity contribution in [1.29, 1.82) is 0 Å². The molecule has 3 nitrogen and oxygen atoms in total. The number of methoxy groups -OCH3 is 1. The molecule has 0 aliphatic rings. The molecule has 0 aliphatic heterocycles. The lowest BCUT2D eigenvalue weighted by Crippen LogP contribution is -2.35. The zero-order valence-electron chi connectivity index (χ0n) is 9.84. The molecule has 0 saturated heterocycles. The summed E-state index contributed by atoms with van der Waals surface area (Å²) >= 11 is 0. The zero-order chi connectivity index (χ0) is 11.2. The maximum atomic E-state index is 9.26. The quantitative estimate of drug-likeness (QED) is 0.688. The Labute approximate surface area is 87.1 Å². The van der Waals surface area contributed by atoms with Crippen molar-refractivity contribution in [1.82, 2.24) is 0 Å². The largest absolute Gasteiger partial charge is 0.396 e. The predicted molar refractivity (Wildman–Crippen MR) is 57.2 cm³/mol. The number of aliphatic hydroxyl groups excluding tert-OH is 2. The first-order chi connectivity index (χ1) is 6.39. The van der Waals surface area contributed by atoms with Crippen molar-refractivity contribution >= 4 is 0 Å². The first kappa shape index (κ1) is 13.9. The average molecular weight is 204 g/mol. The molecule has 2 N–H and O–H groups in total. The lowest BCUT2D eigenvalue weighted by atomic mass is 9.79. The van der Waals surface area contributed by atoms with Gasteiger partial charge in [-0.2, -0.15) is 0 Å². The van der Waals surface area contributed by atoms with Gasteiger partial charge in [-0.1, -0.05) is 20.8 Å². The van der Waals surface area contributed by atoms with Crippen molar-refractivity contribution < 1.29 is 14.9 Å². The standard InChI is InChI=1S/C11H24O3/c1-10(2,3)5-6-11(7-12,8-13)9-14-4/h12-13H,5-9H2,1-4H3.